The van der Waals surface area contributed by atoms with E-state index in [0.29, 0.717) is 11.6 Å². The number of alkyl carbamates (subject to hydrolysis) is 1. The first-order valence-corrected chi connectivity index (χ1v) is 25.7. The van der Waals surface area contributed by atoms with Gasteiger partial charge in [0.05, 0.1) is 35.1 Å². The van der Waals surface area contributed by atoms with Crippen molar-refractivity contribution in [3.63, 3.8) is 0 Å². The minimum Gasteiger partial charge on any atom is -0.478 e. The van der Waals surface area contributed by atoms with Crippen LogP contribution in [0.4, 0.5) is 16.4 Å². The van der Waals surface area contributed by atoms with Gasteiger partial charge in [-0.2, -0.15) is 10.2 Å². The van der Waals surface area contributed by atoms with E-state index in [2.05, 4.69) is 58.7 Å². The zero-order valence-electron chi connectivity index (χ0n) is 43.7. The van der Waals surface area contributed by atoms with Crippen LogP contribution in [0.1, 0.15) is 150 Å². The molecule has 17 heteroatoms. The molecule has 4 fully saturated rings. The molecule has 2 amide bonds. The molecule has 0 spiro atoms. The number of aromatic nitrogens is 6. The molecule has 72 heavy (non-hydrogen) atoms. The van der Waals surface area contributed by atoms with Crippen molar-refractivity contribution < 1.29 is 24.2 Å². The van der Waals surface area contributed by atoms with Crippen molar-refractivity contribution in [3.05, 3.63) is 117 Å². The van der Waals surface area contributed by atoms with Crippen molar-refractivity contribution in [2.75, 3.05) is 49.1 Å². The first-order chi connectivity index (χ1) is 34.3. The summed E-state index contributed by atoms with van der Waals surface area (Å²) in [7, 11) is 0. The first kappa shape index (κ1) is 51.8. The van der Waals surface area contributed by atoms with Gasteiger partial charge in [0, 0.05) is 80.0 Å². The molecule has 4 saturated heterocycles. The maximum Gasteiger partial charge on any atom is 0.407 e. The highest BCUT2D eigenvalue weighted by Crippen LogP contribution is 2.34. The monoisotopic (exact) mass is 983 g/mol. The van der Waals surface area contributed by atoms with E-state index in [1.807, 2.05) is 85.9 Å². The number of amides is 2. The van der Waals surface area contributed by atoms with Gasteiger partial charge >= 0.3 is 12.1 Å². The number of ether oxygens (including phenoxy) is 1. The van der Waals surface area contributed by atoms with E-state index in [4.69, 9.17) is 35.7 Å². The first-order valence-electron chi connectivity index (χ1n) is 25.7. The molecule has 5 N–H and O–H groups in total. The molecule has 17 nitrogen and oxygen atoms in total. The van der Waals surface area contributed by atoms with Gasteiger partial charge in [-0.1, -0.05) is 41.8 Å². The van der Waals surface area contributed by atoms with Crippen molar-refractivity contribution >= 4 is 40.9 Å². The summed E-state index contributed by atoms with van der Waals surface area (Å²) in [5.41, 5.74) is 16.6. The molecule has 2 aromatic carbocycles. The molecular formula is C55H74N12O5. The van der Waals surface area contributed by atoms with E-state index in [-0.39, 0.29) is 30.1 Å². The molecule has 4 aliphatic rings. The molecule has 4 aliphatic heterocycles. The highest BCUT2D eigenvalue weighted by molar-refractivity contribution is 5.96. The Labute approximate surface area is 423 Å². The van der Waals surface area contributed by atoms with Gasteiger partial charge in [0.2, 0.25) is 0 Å². The third-order valence-electron chi connectivity index (χ3n) is 14.0. The van der Waals surface area contributed by atoms with Crippen LogP contribution in [0.25, 0.3) is 11.3 Å². The largest absolute Gasteiger partial charge is 0.478 e. The lowest BCUT2D eigenvalue weighted by atomic mass is 9.96. The summed E-state index contributed by atoms with van der Waals surface area (Å²) in [5, 5.41) is 24.8. The molecule has 0 radical (unpaired) electrons. The van der Waals surface area contributed by atoms with Crippen LogP contribution in [0.3, 0.4) is 0 Å². The number of rotatable bonds is 7. The molecule has 0 saturated carbocycles. The molecule has 6 aromatic rings. The van der Waals surface area contributed by atoms with E-state index < -0.39 is 11.6 Å². The van der Waals surface area contributed by atoms with E-state index in [9.17, 15) is 14.4 Å². The third kappa shape index (κ3) is 12.4. The molecular weight excluding hydrogens is 909 g/mol. The topological polar surface area (TPSA) is 201 Å². The van der Waals surface area contributed by atoms with E-state index in [0.717, 1.165) is 151 Å². The number of carboxylic acids is 1. The summed E-state index contributed by atoms with van der Waals surface area (Å²) in [6.07, 6.45) is 12.3. The number of nitrogens with zero attached hydrogens (tertiary/aromatic N) is 9. The van der Waals surface area contributed by atoms with Gasteiger partial charge in [0.25, 0.3) is 5.91 Å². The van der Waals surface area contributed by atoms with Crippen LogP contribution in [0.15, 0.2) is 60.9 Å². The fourth-order valence-electron chi connectivity index (χ4n) is 10.2. The Morgan fingerprint density at radius 2 is 1.28 bits per heavy atom. The molecule has 4 atom stereocenters. The van der Waals surface area contributed by atoms with Crippen LogP contribution in [0.5, 0.6) is 0 Å². The fourth-order valence-corrected chi connectivity index (χ4v) is 10.2. The summed E-state index contributed by atoms with van der Waals surface area (Å²) in [4.78, 5) is 52.5. The lowest BCUT2D eigenvalue weighted by Gasteiger charge is -2.35. The maximum absolute atomic E-state index is 13.5. The maximum atomic E-state index is 13.5. The van der Waals surface area contributed by atoms with Crippen LogP contribution < -0.4 is 26.2 Å². The summed E-state index contributed by atoms with van der Waals surface area (Å²) in [5.74, 6) is 1.20. The quantitative estimate of drug-likeness (QED) is 0.119. The van der Waals surface area contributed by atoms with Gasteiger partial charge in [-0.05, 0) is 137 Å². The minimum absolute atomic E-state index is 0.0261. The lowest BCUT2D eigenvalue weighted by Crippen LogP contribution is -2.40. The van der Waals surface area contributed by atoms with Crippen LogP contribution in [-0.4, -0.2) is 114 Å². The number of nitrogens with two attached hydrogens (primary N) is 1. The number of aromatic carboxylic acids is 1. The Morgan fingerprint density at radius 3 is 1.86 bits per heavy atom. The third-order valence-corrected chi connectivity index (χ3v) is 14.0. The van der Waals surface area contributed by atoms with Crippen LogP contribution in [0, 0.1) is 41.5 Å². The molecule has 8 heterocycles. The molecule has 0 unspecified atom stereocenters. The molecule has 384 valence electrons. The van der Waals surface area contributed by atoms with Crippen molar-refractivity contribution in [3.8, 4) is 0 Å². The Kier molecular flexibility index (Phi) is 15.8. The highest BCUT2D eigenvalue weighted by Gasteiger charge is 2.33. The zero-order chi connectivity index (χ0) is 51.4. The average Bonchev–Trinajstić information content (AvgIpc) is 4.17. The second kappa shape index (κ2) is 22.0. The van der Waals surface area contributed by atoms with Gasteiger partial charge in [-0.3, -0.25) is 4.79 Å². The number of anilines is 2. The fraction of sp³-hybridized carbons (Fsp3) is 0.509. The van der Waals surface area contributed by atoms with Gasteiger partial charge in [-0.25, -0.2) is 28.6 Å². The molecule has 10 rings (SSSR count). The number of carboxylic acid groups (broad SMARTS) is 1. The molecule has 0 aliphatic carbocycles. The van der Waals surface area contributed by atoms with Crippen molar-refractivity contribution in [1.82, 2.24) is 44.7 Å². The summed E-state index contributed by atoms with van der Waals surface area (Å²) >= 11 is 0. The number of hydrogen-bond acceptors (Lipinski definition) is 12. The standard InChI is InChI=1S/C25H32N6O.C21H32N6O2.C9H10O2/c1-16-7-8-17(2)20(12-16)25(32)30-10-5-4-6-22(30)21-13-23-27-24(18(3)14-31(23)28-21)29-11-9-19(26)15-29;1-14-12-27-18(11-17(25-27)16-7-5-6-9-22-16)24-19(14)26-10-8-15(13-26)23-20(28)29-21(2,3)4;1-6-3-4-7(2)8(5-6)9(10)11/h7-8,12-14,19,22H,4-6,9-11,15,26H2,1-3H3;11-12,15-16,22H,5-10,13H2,1-4H3,(H,23,28);3-5H,1-2H3,(H,10,11)/t19-,22-;15-,16-;/m00./s1. The second-order valence-electron chi connectivity index (χ2n) is 21.3. The molecule has 0 bridgehead atoms. The van der Waals surface area contributed by atoms with Gasteiger partial charge < -0.3 is 40.9 Å². The number of nitrogens with one attached hydrogen (secondary N) is 2. The summed E-state index contributed by atoms with van der Waals surface area (Å²) in [6.45, 7) is 22.7. The van der Waals surface area contributed by atoms with Gasteiger partial charge in [-0.15, -0.1) is 0 Å². The highest BCUT2D eigenvalue weighted by atomic mass is 16.6. The lowest BCUT2D eigenvalue weighted by molar-refractivity contribution is 0.0507. The molecule has 4 aromatic heterocycles. The SMILES string of the molecule is Cc1ccc(C)c(C(=O)N2CCCC[C@H]2c2cc3nc(N4CC[C@H](N)C4)c(C)cn3n2)c1.Cc1ccc(C)c(C(=O)O)c1.Cc1cn2nc([C@@H]3CCCCN3)cc2nc1N1CC[C@H](NC(=O)OC(C)(C)C)C1. The Morgan fingerprint density at radius 1 is 0.694 bits per heavy atom. The van der Waals surface area contributed by atoms with Crippen LogP contribution in [-0.2, 0) is 4.74 Å². The number of aryl methyl sites for hydroxylation is 6. The number of piperidine rings is 2. The van der Waals surface area contributed by atoms with E-state index in [1.54, 1.807) is 13.0 Å². The normalized spacial score (nSPS) is 20.2. The number of hydrogen-bond donors (Lipinski definition) is 4. The Hall–Kier alpha value is -6.59. The average molecular weight is 983 g/mol. The predicted octanol–water partition coefficient (Wildman–Crippen LogP) is 8.52. The van der Waals surface area contributed by atoms with Crippen LogP contribution in [0.2, 0.25) is 0 Å². The second-order valence-corrected chi connectivity index (χ2v) is 21.3. The van der Waals surface area contributed by atoms with Crippen molar-refractivity contribution in [1.29, 1.82) is 0 Å². The van der Waals surface area contributed by atoms with Crippen molar-refractivity contribution in [2.45, 2.75) is 143 Å². The Bertz CT molecular complexity index is 2920. The summed E-state index contributed by atoms with van der Waals surface area (Å²) in [6, 6.07) is 16.2. The van der Waals surface area contributed by atoms with Crippen LogP contribution >= 0.6 is 0 Å². The van der Waals surface area contributed by atoms with Crippen molar-refractivity contribution in [2.24, 2.45) is 5.73 Å². The van der Waals surface area contributed by atoms with Gasteiger partial charge in [0.15, 0.2) is 11.3 Å². The van der Waals surface area contributed by atoms with E-state index >= 15 is 0 Å². The predicted molar refractivity (Wildman–Crippen MR) is 281 cm³/mol. The zero-order valence-corrected chi connectivity index (χ0v) is 43.7. The number of likely N-dealkylation sites (tertiary alicyclic amines) is 1. The van der Waals surface area contributed by atoms with Gasteiger partial charge in [0.1, 0.15) is 17.2 Å². The smallest absolute Gasteiger partial charge is 0.407 e. The number of carbonyl (C=O) groups is 3. The number of benzene rings is 2. The number of carbonyl (C=O) groups excluding carboxylic acids is 2. The summed E-state index contributed by atoms with van der Waals surface area (Å²) < 4.78 is 9.13. The van der Waals surface area contributed by atoms with E-state index in [1.165, 1.54) is 12.8 Å². The minimum atomic E-state index is -0.855. The Balaban J connectivity index is 0.000000160. The number of fused-ring (bicyclic) bond motifs is 2.